The van der Waals surface area contributed by atoms with Crippen LogP contribution in [0.15, 0.2) is 53.9 Å². The van der Waals surface area contributed by atoms with Crippen LogP contribution in [0, 0.1) is 0 Å². The Morgan fingerprint density at radius 2 is 1.78 bits per heavy atom. The van der Waals surface area contributed by atoms with Crippen molar-refractivity contribution in [3.05, 3.63) is 49.1 Å². The van der Waals surface area contributed by atoms with Gasteiger partial charge in [-0.1, -0.05) is 0 Å². The van der Waals surface area contributed by atoms with E-state index in [0.29, 0.717) is 4.41 Å². The van der Waals surface area contributed by atoms with Crippen molar-refractivity contribution in [2.45, 2.75) is 11.8 Å². The van der Waals surface area contributed by atoms with Gasteiger partial charge in [-0.2, -0.15) is 8.42 Å². The van der Waals surface area contributed by atoms with Crippen LogP contribution in [-0.2, 0) is 14.8 Å². The van der Waals surface area contributed by atoms with Crippen molar-refractivity contribution in [2.24, 2.45) is 0 Å². The number of pyridine rings is 1. The Morgan fingerprint density at radius 1 is 1.22 bits per heavy atom. The summed E-state index contributed by atoms with van der Waals surface area (Å²) in [6.07, 6.45) is 5.70. The minimum atomic E-state index is -3.92. The van der Waals surface area contributed by atoms with Crippen molar-refractivity contribution in [3.8, 4) is 0 Å². The Morgan fingerprint density at radius 3 is 2.28 bits per heavy atom. The Kier molecular flexibility index (Phi) is 3.15. The van der Waals surface area contributed by atoms with Gasteiger partial charge in [-0.15, -0.1) is 4.41 Å². The van der Waals surface area contributed by atoms with Crippen LogP contribution in [0.25, 0.3) is 0 Å². The highest BCUT2D eigenvalue weighted by Gasteiger charge is 2.28. The van der Waals surface area contributed by atoms with E-state index in [1.54, 1.807) is 12.1 Å². The molecule has 0 fully saturated rings. The van der Waals surface area contributed by atoms with E-state index in [0.717, 1.165) is 0 Å². The number of nitrogens with zero attached hydrogens (tertiary/aromatic N) is 3. The molecule has 0 aliphatic rings. The highest BCUT2D eigenvalue weighted by molar-refractivity contribution is 7.93. The number of rotatable bonds is 3. The molecular weight excluding hydrogens is 254 g/mol. The molecule has 0 unspecified atom stereocenters. The monoisotopic (exact) mass is 265 g/mol. The Hall–Kier alpha value is -2.15. The molecule has 0 atom stereocenters. The van der Waals surface area contributed by atoms with Gasteiger partial charge in [0.1, 0.15) is 0 Å². The number of amides is 1. The molecule has 0 saturated heterocycles. The largest absolute Gasteiger partial charge is 0.284 e. The first-order chi connectivity index (χ1) is 8.53. The fourth-order valence-corrected chi connectivity index (χ4v) is 2.87. The third-order valence-corrected chi connectivity index (χ3v) is 4.01. The molecule has 0 aromatic carbocycles. The van der Waals surface area contributed by atoms with Crippen molar-refractivity contribution >= 4 is 15.9 Å². The van der Waals surface area contributed by atoms with Crippen LogP contribution < -0.4 is 4.41 Å². The molecule has 0 spiro atoms. The van der Waals surface area contributed by atoms with E-state index in [-0.39, 0.29) is 4.90 Å². The minimum absolute atomic E-state index is 0.0152. The molecule has 1 amide bonds. The second-order valence-electron chi connectivity index (χ2n) is 3.51. The lowest BCUT2D eigenvalue weighted by Gasteiger charge is -2.21. The molecule has 2 heterocycles. The fourth-order valence-electron chi connectivity index (χ4n) is 1.51. The topological polar surface area (TPSA) is 72.3 Å². The Balaban J connectivity index is 2.54. The van der Waals surface area contributed by atoms with Crippen LogP contribution in [0.5, 0.6) is 0 Å². The highest BCUT2D eigenvalue weighted by Crippen LogP contribution is 2.14. The summed E-state index contributed by atoms with van der Waals surface area (Å²) in [5, 5.41) is 0. The second-order valence-corrected chi connectivity index (χ2v) is 5.28. The zero-order valence-electron chi connectivity index (χ0n) is 9.59. The van der Waals surface area contributed by atoms with Crippen LogP contribution >= 0.6 is 0 Å². The molecule has 0 saturated carbocycles. The summed E-state index contributed by atoms with van der Waals surface area (Å²) in [5.41, 5.74) is 0. The van der Waals surface area contributed by atoms with Crippen molar-refractivity contribution in [1.29, 1.82) is 0 Å². The standard InChI is InChI=1S/C11H11N3O3S/c1-10(15)14(13-8-2-3-9-13)18(16,17)11-4-6-12-7-5-11/h2-9H,1H3. The molecule has 2 aromatic heterocycles. The zero-order chi connectivity index (χ0) is 13.2. The van der Waals surface area contributed by atoms with Gasteiger partial charge in [0.15, 0.2) is 0 Å². The number of carbonyl (C=O) groups excluding carboxylic acids is 1. The number of carbonyl (C=O) groups is 1. The summed E-state index contributed by atoms with van der Waals surface area (Å²) in [4.78, 5) is 15.3. The maximum Gasteiger partial charge on any atom is 0.284 e. The van der Waals surface area contributed by atoms with E-state index in [1.165, 1.54) is 48.5 Å². The first-order valence-corrected chi connectivity index (χ1v) is 6.56. The molecule has 0 bridgehead atoms. The van der Waals surface area contributed by atoms with Crippen LogP contribution in [0.2, 0.25) is 0 Å². The molecule has 7 heteroatoms. The van der Waals surface area contributed by atoms with Gasteiger partial charge in [0.2, 0.25) is 0 Å². The molecule has 18 heavy (non-hydrogen) atoms. The van der Waals surface area contributed by atoms with Crippen LogP contribution in [-0.4, -0.2) is 24.0 Å². The van der Waals surface area contributed by atoms with Crippen LogP contribution in [0.4, 0.5) is 0 Å². The van der Waals surface area contributed by atoms with Gasteiger partial charge in [-0.05, 0) is 24.3 Å². The summed E-state index contributed by atoms with van der Waals surface area (Å²) in [6.45, 7) is 1.19. The van der Waals surface area contributed by atoms with E-state index in [2.05, 4.69) is 4.98 Å². The molecule has 0 aliphatic heterocycles. The summed E-state index contributed by atoms with van der Waals surface area (Å²) in [7, 11) is -3.92. The van der Waals surface area contributed by atoms with Gasteiger partial charge in [-0.25, -0.2) is 0 Å². The van der Waals surface area contributed by atoms with Gasteiger partial charge in [0, 0.05) is 31.7 Å². The van der Waals surface area contributed by atoms with E-state index in [1.807, 2.05) is 0 Å². The van der Waals surface area contributed by atoms with Gasteiger partial charge in [0.05, 0.1) is 4.90 Å². The minimum Gasteiger partial charge on any atom is -0.272 e. The average Bonchev–Trinajstić information content (AvgIpc) is 2.83. The fraction of sp³-hybridized carbons (Fsp3) is 0.0909. The Labute approximate surface area is 105 Å². The molecule has 0 radical (unpaired) electrons. The zero-order valence-corrected chi connectivity index (χ0v) is 10.4. The van der Waals surface area contributed by atoms with Gasteiger partial charge >= 0.3 is 0 Å². The lowest BCUT2D eigenvalue weighted by molar-refractivity contribution is -0.116. The van der Waals surface area contributed by atoms with Crippen molar-refractivity contribution in [3.63, 3.8) is 0 Å². The first kappa shape index (κ1) is 12.3. The predicted octanol–water partition coefficient (Wildman–Crippen LogP) is 0.756. The molecule has 2 aromatic rings. The summed E-state index contributed by atoms with van der Waals surface area (Å²) in [6, 6.07) is 5.96. The molecule has 6 nitrogen and oxygen atoms in total. The lowest BCUT2D eigenvalue weighted by Crippen LogP contribution is -2.43. The first-order valence-electron chi connectivity index (χ1n) is 5.12. The number of sulfonamides is 1. The molecule has 0 aliphatic carbocycles. The number of aromatic nitrogens is 2. The van der Waals surface area contributed by atoms with Gasteiger partial charge in [0.25, 0.3) is 15.9 Å². The van der Waals surface area contributed by atoms with E-state index >= 15 is 0 Å². The summed E-state index contributed by atoms with van der Waals surface area (Å²) in [5.74, 6) is -0.594. The van der Waals surface area contributed by atoms with E-state index in [4.69, 9.17) is 0 Å². The normalized spacial score (nSPS) is 11.2. The van der Waals surface area contributed by atoms with Crippen LogP contribution in [0.3, 0.4) is 0 Å². The van der Waals surface area contributed by atoms with Crippen molar-refractivity contribution in [1.82, 2.24) is 9.66 Å². The summed E-state index contributed by atoms with van der Waals surface area (Å²) >= 11 is 0. The highest BCUT2D eigenvalue weighted by atomic mass is 32.2. The van der Waals surface area contributed by atoms with E-state index in [9.17, 15) is 13.2 Å². The molecule has 2 rings (SSSR count). The maximum absolute atomic E-state index is 12.3. The molecule has 0 N–H and O–H groups in total. The average molecular weight is 265 g/mol. The third kappa shape index (κ3) is 2.12. The number of hydrogen-bond donors (Lipinski definition) is 0. The van der Waals surface area contributed by atoms with Crippen molar-refractivity contribution < 1.29 is 13.2 Å². The molecular formula is C11H11N3O3S. The SMILES string of the molecule is CC(=O)N(n1cccc1)S(=O)(=O)c1ccncc1. The van der Waals surface area contributed by atoms with Gasteiger partial charge < -0.3 is 0 Å². The third-order valence-electron chi connectivity index (χ3n) is 2.24. The number of hydrogen-bond acceptors (Lipinski definition) is 4. The van der Waals surface area contributed by atoms with Crippen LogP contribution in [0.1, 0.15) is 6.92 Å². The summed E-state index contributed by atoms with van der Waals surface area (Å²) < 4.78 is 26.6. The molecule has 94 valence electrons. The Bertz CT molecular complexity index is 635. The predicted molar refractivity (Wildman–Crippen MR) is 64.8 cm³/mol. The van der Waals surface area contributed by atoms with Gasteiger partial charge in [-0.3, -0.25) is 14.5 Å². The van der Waals surface area contributed by atoms with E-state index < -0.39 is 15.9 Å². The quantitative estimate of drug-likeness (QED) is 0.821. The van der Waals surface area contributed by atoms with Crippen molar-refractivity contribution in [2.75, 3.05) is 4.41 Å². The lowest BCUT2D eigenvalue weighted by atomic mass is 10.5. The second kappa shape index (κ2) is 4.61. The smallest absolute Gasteiger partial charge is 0.272 e. The maximum atomic E-state index is 12.3.